The third kappa shape index (κ3) is 5.88. The van der Waals surface area contributed by atoms with Crippen molar-refractivity contribution in [1.82, 2.24) is 9.55 Å². The molecule has 0 fully saturated rings. The molecule has 1 atom stereocenters. The van der Waals surface area contributed by atoms with Crippen molar-refractivity contribution in [2.45, 2.75) is 25.8 Å². The molecule has 7 heteroatoms. The van der Waals surface area contributed by atoms with Gasteiger partial charge in [-0.25, -0.2) is 9.78 Å². The van der Waals surface area contributed by atoms with Gasteiger partial charge in [0.15, 0.2) is 0 Å². The van der Waals surface area contributed by atoms with Gasteiger partial charge < -0.3 is 18.8 Å². The van der Waals surface area contributed by atoms with Gasteiger partial charge in [-0.2, -0.15) is 0 Å². The zero-order chi connectivity index (χ0) is 23.1. The fourth-order valence-electron chi connectivity index (χ4n) is 3.25. The Labute approximate surface area is 195 Å². The summed E-state index contributed by atoms with van der Waals surface area (Å²) in [4.78, 5) is 16.2. The summed E-state index contributed by atoms with van der Waals surface area (Å²) in [6.45, 7) is 9.77. The van der Waals surface area contributed by atoms with E-state index in [1.165, 1.54) is 0 Å². The summed E-state index contributed by atoms with van der Waals surface area (Å²) in [6, 6.07) is 8.63. The van der Waals surface area contributed by atoms with E-state index in [2.05, 4.69) is 34.1 Å². The lowest BCUT2D eigenvalue weighted by atomic mass is 10.1. The van der Waals surface area contributed by atoms with Crippen molar-refractivity contribution in [2.75, 3.05) is 6.61 Å². The number of allylic oxidation sites excluding steroid dienone is 4. The smallest absolute Gasteiger partial charge is 0.327 e. The lowest BCUT2D eigenvalue weighted by Gasteiger charge is -2.15. The van der Waals surface area contributed by atoms with E-state index in [0.29, 0.717) is 31.1 Å². The van der Waals surface area contributed by atoms with Gasteiger partial charge >= 0.3 is 5.97 Å². The topological polar surface area (TPSA) is 77.5 Å². The van der Waals surface area contributed by atoms with Crippen LogP contribution in [0.1, 0.15) is 29.0 Å². The summed E-state index contributed by atoms with van der Waals surface area (Å²) < 4.78 is 14.1. The summed E-state index contributed by atoms with van der Waals surface area (Å²) in [6.07, 6.45) is 9.63. The molecule has 0 bridgehead atoms. The first kappa shape index (κ1) is 23.3. The molecule has 1 N–H and O–H groups in total. The van der Waals surface area contributed by atoms with Gasteiger partial charge in [0.05, 0.1) is 12.3 Å². The van der Waals surface area contributed by atoms with Gasteiger partial charge in [-0.05, 0) is 46.6 Å². The van der Waals surface area contributed by atoms with E-state index in [1.807, 2.05) is 37.3 Å². The number of carboxylic acids is 1. The minimum Gasteiger partial charge on any atom is -0.493 e. The Morgan fingerprint density at radius 3 is 2.66 bits per heavy atom. The van der Waals surface area contributed by atoms with Crippen molar-refractivity contribution in [3.8, 4) is 5.75 Å². The first-order valence-corrected chi connectivity index (χ1v) is 10.9. The Morgan fingerprint density at radius 1 is 1.31 bits per heavy atom. The Kier molecular flexibility index (Phi) is 7.89. The van der Waals surface area contributed by atoms with Gasteiger partial charge in [0.2, 0.25) is 5.89 Å². The summed E-state index contributed by atoms with van der Waals surface area (Å²) in [5.41, 5.74) is 2.52. The number of hydrogen-bond donors (Lipinski definition) is 1. The van der Waals surface area contributed by atoms with Crippen molar-refractivity contribution in [3.05, 3.63) is 101 Å². The Bertz CT molecular complexity index is 1130. The molecule has 0 radical (unpaired) electrons. The third-order valence-electron chi connectivity index (χ3n) is 4.94. The zero-order valence-corrected chi connectivity index (χ0v) is 19.4. The summed E-state index contributed by atoms with van der Waals surface area (Å²) in [5.74, 6) is 1.09. The number of aryl methyl sites for hydroxylation is 1. The molecule has 0 spiro atoms. The number of nitrogens with zero attached hydrogens (tertiary/aromatic N) is 2. The summed E-state index contributed by atoms with van der Waals surface area (Å²) >= 11 is 3.36. The van der Waals surface area contributed by atoms with Gasteiger partial charge in [0, 0.05) is 35.3 Å². The van der Waals surface area contributed by atoms with E-state index in [1.54, 1.807) is 35.2 Å². The second-order valence-electron chi connectivity index (χ2n) is 7.16. The molecule has 3 rings (SSSR count). The molecule has 166 valence electrons. The highest BCUT2D eigenvalue weighted by Crippen LogP contribution is 2.22. The van der Waals surface area contributed by atoms with Crippen LogP contribution in [0.25, 0.3) is 5.57 Å². The second-order valence-corrected chi connectivity index (χ2v) is 8.08. The van der Waals surface area contributed by atoms with Crippen molar-refractivity contribution in [1.29, 1.82) is 0 Å². The highest BCUT2D eigenvalue weighted by atomic mass is 79.9. The molecule has 0 aliphatic heterocycles. The highest BCUT2D eigenvalue weighted by Gasteiger charge is 2.20. The number of benzene rings is 1. The van der Waals surface area contributed by atoms with Gasteiger partial charge in [0.1, 0.15) is 17.6 Å². The largest absolute Gasteiger partial charge is 0.493 e. The van der Waals surface area contributed by atoms with Gasteiger partial charge in [-0.1, -0.05) is 43.5 Å². The molecule has 6 nitrogen and oxygen atoms in total. The van der Waals surface area contributed by atoms with Gasteiger partial charge in [-0.3, -0.25) is 0 Å². The third-order valence-corrected chi connectivity index (χ3v) is 5.41. The SMILES string of the molecule is C=C/C=C(\C=C)c1nc(CCOc2ccc(CC(C(=O)O)n3ccc(Br)c3)cc2)c(C)o1. The Morgan fingerprint density at radius 2 is 2.06 bits per heavy atom. The maximum absolute atomic E-state index is 11.7. The Hall–Kier alpha value is -3.32. The van der Waals surface area contributed by atoms with Crippen molar-refractivity contribution >= 4 is 27.5 Å². The van der Waals surface area contributed by atoms with E-state index < -0.39 is 12.0 Å². The first-order chi connectivity index (χ1) is 15.4. The fraction of sp³-hybridized carbons (Fsp3) is 0.200. The monoisotopic (exact) mass is 496 g/mol. The van der Waals surface area contributed by atoms with Crippen LogP contribution in [0.15, 0.2) is 83.0 Å². The fourth-order valence-corrected chi connectivity index (χ4v) is 3.60. The molecule has 1 aromatic carbocycles. The predicted octanol–water partition coefficient (Wildman–Crippen LogP) is 5.79. The zero-order valence-electron chi connectivity index (χ0n) is 17.8. The van der Waals surface area contributed by atoms with Crippen molar-refractivity contribution in [3.63, 3.8) is 0 Å². The highest BCUT2D eigenvalue weighted by molar-refractivity contribution is 9.10. The van der Waals surface area contributed by atoms with Crippen LogP contribution in [0.2, 0.25) is 0 Å². The number of aliphatic carboxylic acids is 1. The Balaban J connectivity index is 1.58. The van der Waals surface area contributed by atoms with Crippen LogP contribution in [0.5, 0.6) is 5.75 Å². The molecule has 2 heterocycles. The molecule has 3 aromatic rings. The first-order valence-electron chi connectivity index (χ1n) is 10.1. The van der Waals surface area contributed by atoms with E-state index in [4.69, 9.17) is 9.15 Å². The minimum atomic E-state index is -0.877. The summed E-state index contributed by atoms with van der Waals surface area (Å²) in [7, 11) is 0. The van der Waals surface area contributed by atoms with E-state index in [-0.39, 0.29) is 0 Å². The maximum Gasteiger partial charge on any atom is 0.327 e. The molecule has 0 saturated carbocycles. The van der Waals surface area contributed by atoms with Gasteiger partial charge in [0.25, 0.3) is 0 Å². The van der Waals surface area contributed by atoms with Crippen LogP contribution in [0.3, 0.4) is 0 Å². The molecule has 0 aliphatic carbocycles. The molecule has 1 unspecified atom stereocenters. The van der Waals surface area contributed by atoms with Crippen molar-refractivity contribution < 1.29 is 19.1 Å². The molecule has 32 heavy (non-hydrogen) atoms. The number of hydrogen-bond acceptors (Lipinski definition) is 4. The van der Waals surface area contributed by atoms with E-state index in [9.17, 15) is 9.90 Å². The van der Waals surface area contributed by atoms with Crippen LogP contribution >= 0.6 is 15.9 Å². The van der Waals surface area contributed by atoms with Crippen LogP contribution in [-0.4, -0.2) is 27.2 Å². The molecular formula is C25H25BrN2O4. The number of rotatable bonds is 11. The van der Waals surface area contributed by atoms with Crippen LogP contribution in [-0.2, 0) is 17.6 Å². The molecule has 2 aromatic heterocycles. The molecule has 0 saturated heterocycles. The average molecular weight is 497 g/mol. The number of carboxylic acid groups (broad SMARTS) is 1. The minimum absolute atomic E-state index is 0.376. The van der Waals surface area contributed by atoms with Crippen LogP contribution < -0.4 is 4.74 Å². The molecule has 0 aliphatic rings. The number of carbonyl (C=O) groups is 1. The van der Waals surface area contributed by atoms with Crippen molar-refractivity contribution in [2.24, 2.45) is 0 Å². The standard InChI is InChI=1S/C25H25BrN2O4/c1-4-6-19(5-2)24-27-22(17(3)32-24)12-14-31-21-9-7-18(8-10-21)15-23(25(29)30)28-13-11-20(26)16-28/h4-11,13,16,23H,1-2,12,14-15H2,3H3,(H,29,30)/b19-6+. The lowest BCUT2D eigenvalue weighted by Crippen LogP contribution is -2.20. The average Bonchev–Trinajstić information content (AvgIpc) is 3.36. The quantitative estimate of drug-likeness (QED) is 0.339. The number of halogens is 1. The van der Waals surface area contributed by atoms with Gasteiger partial charge in [-0.15, -0.1) is 0 Å². The van der Waals surface area contributed by atoms with Crippen LogP contribution in [0, 0.1) is 6.92 Å². The predicted molar refractivity (Wildman–Crippen MR) is 128 cm³/mol. The second kappa shape index (κ2) is 10.8. The maximum atomic E-state index is 11.7. The summed E-state index contributed by atoms with van der Waals surface area (Å²) in [5, 5.41) is 9.59. The number of aromatic nitrogens is 2. The molecular weight excluding hydrogens is 472 g/mol. The normalized spacial score (nSPS) is 12.4. The lowest BCUT2D eigenvalue weighted by molar-refractivity contribution is -0.140. The number of oxazole rings is 1. The van der Waals surface area contributed by atoms with E-state index >= 15 is 0 Å². The molecule has 0 amide bonds. The van der Waals surface area contributed by atoms with E-state index in [0.717, 1.165) is 27.1 Å². The van der Waals surface area contributed by atoms with Crippen LogP contribution in [0.4, 0.5) is 0 Å². The number of ether oxygens (including phenoxy) is 1.